The third-order valence-electron chi connectivity index (χ3n) is 1.73. The van der Waals surface area contributed by atoms with Crippen molar-refractivity contribution in [3.63, 3.8) is 0 Å². The van der Waals surface area contributed by atoms with E-state index in [1.807, 2.05) is 11.8 Å². The van der Waals surface area contributed by atoms with Crippen LogP contribution < -0.4 is 16.0 Å². The summed E-state index contributed by atoms with van der Waals surface area (Å²) < 4.78 is 0. The van der Waals surface area contributed by atoms with Gasteiger partial charge in [0.1, 0.15) is 6.17 Å². The summed E-state index contributed by atoms with van der Waals surface area (Å²) in [4.78, 5) is 0. The summed E-state index contributed by atoms with van der Waals surface area (Å²) in [6, 6.07) is 0. The molecule has 3 N–H and O–H groups in total. The summed E-state index contributed by atoms with van der Waals surface area (Å²) in [6.07, 6.45) is 1.28. The number of thioether (sulfide) groups is 1. The fraction of sp³-hybridized carbons (Fsp3) is 0.833. The van der Waals surface area contributed by atoms with Gasteiger partial charge >= 0.3 is 0 Å². The molecule has 1 unspecified atom stereocenters. The molecule has 0 bridgehead atoms. The third kappa shape index (κ3) is 1.29. The summed E-state index contributed by atoms with van der Waals surface area (Å²) in [5.41, 5.74) is 0. The molecule has 1 radical (unpaired) electrons. The molecule has 2 aliphatic rings. The molecule has 2 rings (SSSR count). The van der Waals surface area contributed by atoms with E-state index in [1.54, 1.807) is 0 Å². The Kier molecular flexibility index (Phi) is 2.13. The molecule has 2 fully saturated rings. The van der Waals surface area contributed by atoms with E-state index in [2.05, 4.69) is 16.0 Å². The molecule has 0 aliphatic carbocycles. The lowest BCUT2D eigenvalue weighted by molar-refractivity contribution is 0.618. The van der Waals surface area contributed by atoms with Gasteiger partial charge in [0.2, 0.25) is 0 Å². The van der Waals surface area contributed by atoms with Crippen LogP contribution in [0.2, 0.25) is 0 Å². The second-order valence-corrected chi connectivity index (χ2v) is 3.69. The first-order valence-electron chi connectivity index (χ1n) is 3.66. The van der Waals surface area contributed by atoms with Crippen molar-refractivity contribution in [2.45, 2.75) is 5.37 Å². The lowest BCUT2D eigenvalue weighted by atomic mass is 10.5. The molecular formula is C6H12N3S. The molecule has 0 aromatic heterocycles. The van der Waals surface area contributed by atoms with Gasteiger partial charge in [-0.1, -0.05) is 0 Å². The maximum atomic E-state index is 3.40. The van der Waals surface area contributed by atoms with Crippen molar-refractivity contribution < 1.29 is 0 Å². The molecular weight excluding hydrogens is 146 g/mol. The van der Waals surface area contributed by atoms with Crippen molar-refractivity contribution in [2.75, 3.05) is 25.4 Å². The molecule has 57 valence electrons. The maximum absolute atomic E-state index is 3.40. The van der Waals surface area contributed by atoms with E-state index in [0.717, 1.165) is 19.6 Å². The van der Waals surface area contributed by atoms with E-state index in [0.29, 0.717) is 5.37 Å². The quantitative estimate of drug-likeness (QED) is 0.473. The van der Waals surface area contributed by atoms with E-state index in [-0.39, 0.29) is 0 Å². The standard InChI is InChI=1S/C6H12N3S/c1-2-8-5(7-1)6-9-3-4-10-6/h6-9H,1-4H2. The Morgan fingerprint density at radius 2 is 2.00 bits per heavy atom. The summed E-state index contributed by atoms with van der Waals surface area (Å²) >= 11 is 1.97. The average Bonchev–Trinajstić information content (AvgIpc) is 2.59. The van der Waals surface area contributed by atoms with Crippen molar-refractivity contribution in [3.8, 4) is 0 Å². The van der Waals surface area contributed by atoms with E-state index in [1.165, 1.54) is 11.9 Å². The molecule has 2 saturated heterocycles. The second-order valence-electron chi connectivity index (χ2n) is 2.47. The zero-order valence-corrected chi connectivity index (χ0v) is 6.63. The molecule has 3 nitrogen and oxygen atoms in total. The van der Waals surface area contributed by atoms with Gasteiger partial charge in [0, 0.05) is 25.4 Å². The first-order valence-corrected chi connectivity index (χ1v) is 4.71. The predicted molar refractivity (Wildman–Crippen MR) is 43.5 cm³/mol. The normalized spacial score (nSPS) is 35.4. The number of nitrogens with one attached hydrogen (secondary N) is 3. The van der Waals surface area contributed by atoms with Crippen molar-refractivity contribution in [1.29, 1.82) is 0 Å². The van der Waals surface area contributed by atoms with Crippen molar-refractivity contribution in [3.05, 3.63) is 6.17 Å². The number of hydrogen-bond donors (Lipinski definition) is 3. The monoisotopic (exact) mass is 158 g/mol. The van der Waals surface area contributed by atoms with Crippen LogP contribution in [-0.2, 0) is 0 Å². The molecule has 1 atom stereocenters. The Bertz CT molecular complexity index is 93.6. The van der Waals surface area contributed by atoms with Crippen LogP contribution in [0.15, 0.2) is 0 Å². The van der Waals surface area contributed by atoms with Crippen LogP contribution in [0.1, 0.15) is 0 Å². The zero-order valence-electron chi connectivity index (χ0n) is 5.81. The third-order valence-corrected chi connectivity index (χ3v) is 2.91. The largest absolute Gasteiger partial charge is 0.302 e. The molecule has 2 heterocycles. The second kappa shape index (κ2) is 3.09. The molecule has 0 amide bonds. The van der Waals surface area contributed by atoms with Crippen LogP contribution in [-0.4, -0.2) is 30.8 Å². The van der Waals surface area contributed by atoms with Crippen LogP contribution in [0.25, 0.3) is 0 Å². The van der Waals surface area contributed by atoms with Crippen LogP contribution in [0.5, 0.6) is 0 Å². The smallest absolute Gasteiger partial charge is 0.129 e. The average molecular weight is 158 g/mol. The summed E-state index contributed by atoms with van der Waals surface area (Å²) in [7, 11) is 0. The van der Waals surface area contributed by atoms with Gasteiger partial charge in [-0.2, -0.15) is 0 Å². The van der Waals surface area contributed by atoms with E-state index in [9.17, 15) is 0 Å². The highest BCUT2D eigenvalue weighted by Crippen LogP contribution is 2.20. The van der Waals surface area contributed by atoms with Gasteiger partial charge in [0.15, 0.2) is 0 Å². The first-order chi connectivity index (χ1) is 4.97. The Morgan fingerprint density at radius 1 is 1.20 bits per heavy atom. The highest BCUT2D eigenvalue weighted by molar-refractivity contribution is 8.00. The van der Waals surface area contributed by atoms with Gasteiger partial charge in [-0.15, -0.1) is 11.8 Å². The van der Waals surface area contributed by atoms with Crippen LogP contribution in [0.3, 0.4) is 0 Å². The maximum Gasteiger partial charge on any atom is 0.129 e. The predicted octanol–water partition coefficient (Wildman–Crippen LogP) is -0.669. The minimum atomic E-state index is 0.516. The Hall–Kier alpha value is 0.230. The Labute approximate surface area is 65.3 Å². The lowest BCUT2D eigenvalue weighted by Crippen LogP contribution is -2.38. The van der Waals surface area contributed by atoms with Gasteiger partial charge in [-0.3, -0.25) is 10.6 Å². The highest BCUT2D eigenvalue weighted by Gasteiger charge is 2.27. The Morgan fingerprint density at radius 3 is 2.60 bits per heavy atom. The van der Waals surface area contributed by atoms with Crippen molar-refractivity contribution in [2.24, 2.45) is 0 Å². The van der Waals surface area contributed by atoms with Crippen molar-refractivity contribution >= 4 is 11.8 Å². The Balaban J connectivity index is 1.85. The molecule has 0 spiro atoms. The van der Waals surface area contributed by atoms with Crippen molar-refractivity contribution in [1.82, 2.24) is 16.0 Å². The fourth-order valence-electron chi connectivity index (χ4n) is 1.25. The van der Waals surface area contributed by atoms with Crippen LogP contribution >= 0.6 is 11.8 Å². The summed E-state index contributed by atoms with van der Waals surface area (Å²) in [5.74, 6) is 1.23. The van der Waals surface area contributed by atoms with Gasteiger partial charge < -0.3 is 5.32 Å². The van der Waals surface area contributed by atoms with E-state index in [4.69, 9.17) is 0 Å². The topological polar surface area (TPSA) is 36.1 Å². The van der Waals surface area contributed by atoms with Gasteiger partial charge in [-0.25, -0.2) is 0 Å². The molecule has 2 aliphatic heterocycles. The number of rotatable bonds is 1. The summed E-state index contributed by atoms with van der Waals surface area (Å²) in [5, 5.41) is 10.6. The van der Waals surface area contributed by atoms with Crippen LogP contribution in [0, 0.1) is 6.17 Å². The number of hydrogen-bond acceptors (Lipinski definition) is 4. The molecule has 0 aromatic carbocycles. The zero-order chi connectivity index (χ0) is 6.81. The first kappa shape index (κ1) is 6.91. The minimum absolute atomic E-state index is 0.516. The fourth-order valence-corrected chi connectivity index (χ4v) is 2.29. The highest BCUT2D eigenvalue weighted by atomic mass is 32.2. The molecule has 0 saturated carbocycles. The minimum Gasteiger partial charge on any atom is -0.302 e. The van der Waals surface area contributed by atoms with Gasteiger partial charge in [0.05, 0.1) is 5.37 Å². The van der Waals surface area contributed by atoms with E-state index < -0.39 is 0 Å². The SMILES string of the molecule is C1CN[C](C2NCCS2)N1. The molecule has 4 heteroatoms. The van der Waals surface area contributed by atoms with E-state index >= 15 is 0 Å². The molecule has 0 aromatic rings. The van der Waals surface area contributed by atoms with Gasteiger partial charge in [-0.05, 0) is 0 Å². The molecule has 10 heavy (non-hydrogen) atoms. The van der Waals surface area contributed by atoms with Crippen LogP contribution in [0.4, 0.5) is 0 Å². The summed E-state index contributed by atoms with van der Waals surface area (Å²) in [6.45, 7) is 3.30. The lowest BCUT2D eigenvalue weighted by Gasteiger charge is -2.16. The van der Waals surface area contributed by atoms with Gasteiger partial charge in [0.25, 0.3) is 0 Å².